The highest BCUT2D eigenvalue weighted by Crippen LogP contribution is 2.28. The first-order chi connectivity index (χ1) is 7.76. The topological polar surface area (TPSA) is 29.1 Å². The molecule has 16 heavy (non-hydrogen) atoms. The lowest BCUT2D eigenvalue weighted by molar-refractivity contribution is -0.122. The lowest BCUT2D eigenvalue weighted by atomic mass is 10.0. The number of hydrogen-bond donors (Lipinski definition) is 1. The van der Waals surface area contributed by atoms with E-state index < -0.39 is 0 Å². The number of hydrogen-bond acceptors (Lipinski definition) is 1. The van der Waals surface area contributed by atoms with E-state index in [0.29, 0.717) is 12.3 Å². The van der Waals surface area contributed by atoms with Crippen LogP contribution in [0.5, 0.6) is 0 Å². The van der Waals surface area contributed by atoms with Gasteiger partial charge in [0, 0.05) is 18.3 Å². The van der Waals surface area contributed by atoms with Crippen molar-refractivity contribution in [2.75, 3.05) is 5.88 Å². The van der Waals surface area contributed by atoms with E-state index in [1.165, 1.54) is 25.7 Å². The third-order valence-electron chi connectivity index (χ3n) is 3.57. The normalized spacial score (nSPS) is 18.6. The summed E-state index contributed by atoms with van der Waals surface area (Å²) in [6, 6.07) is 0.272. The van der Waals surface area contributed by atoms with Gasteiger partial charge in [-0.2, -0.15) is 0 Å². The molecule has 0 spiro atoms. The van der Waals surface area contributed by atoms with Crippen molar-refractivity contribution in [3.8, 4) is 0 Å². The number of halogens is 1. The number of carbonyl (C=O) groups is 1. The average Bonchev–Trinajstić information content (AvgIpc) is 2.78. The van der Waals surface area contributed by atoms with Gasteiger partial charge in [0.2, 0.25) is 5.91 Å². The minimum absolute atomic E-state index is 0.212. The van der Waals surface area contributed by atoms with E-state index in [2.05, 4.69) is 12.2 Å². The van der Waals surface area contributed by atoms with Crippen LogP contribution in [-0.2, 0) is 4.79 Å². The first-order valence-corrected chi connectivity index (χ1v) is 7.15. The molecule has 0 saturated heterocycles. The van der Waals surface area contributed by atoms with E-state index in [1.54, 1.807) is 0 Å². The van der Waals surface area contributed by atoms with E-state index in [1.807, 2.05) is 0 Å². The maximum atomic E-state index is 11.7. The summed E-state index contributed by atoms with van der Waals surface area (Å²) in [6.45, 7) is 2.09. The van der Waals surface area contributed by atoms with E-state index in [-0.39, 0.29) is 11.9 Å². The van der Waals surface area contributed by atoms with Crippen LogP contribution < -0.4 is 5.32 Å². The molecule has 1 rings (SSSR count). The summed E-state index contributed by atoms with van der Waals surface area (Å²) in [5.41, 5.74) is 0. The molecular weight excluding hydrogens is 222 g/mol. The fourth-order valence-corrected chi connectivity index (χ4v) is 2.71. The van der Waals surface area contributed by atoms with E-state index in [9.17, 15) is 4.79 Å². The molecule has 0 aliphatic heterocycles. The summed E-state index contributed by atoms with van der Waals surface area (Å²) in [4.78, 5) is 11.7. The Kier molecular flexibility index (Phi) is 6.86. The summed E-state index contributed by atoms with van der Waals surface area (Å²) in [7, 11) is 0. The lowest BCUT2D eigenvalue weighted by Crippen LogP contribution is -2.34. The fraction of sp³-hybridized carbons (Fsp3) is 0.923. The van der Waals surface area contributed by atoms with Crippen LogP contribution in [0.2, 0.25) is 0 Å². The molecule has 0 aromatic heterocycles. The van der Waals surface area contributed by atoms with Crippen LogP contribution in [0.15, 0.2) is 0 Å². The molecule has 0 radical (unpaired) electrons. The van der Waals surface area contributed by atoms with Crippen LogP contribution in [0.25, 0.3) is 0 Å². The Morgan fingerprint density at radius 1 is 1.44 bits per heavy atom. The predicted molar refractivity (Wildman–Crippen MR) is 68.8 cm³/mol. The Bertz CT molecular complexity index is 202. The molecule has 1 atom stereocenters. The summed E-state index contributed by atoms with van der Waals surface area (Å²) < 4.78 is 0. The molecule has 0 aromatic carbocycles. The van der Waals surface area contributed by atoms with Crippen LogP contribution in [0.4, 0.5) is 0 Å². The molecule has 1 N–H and O–H groups in total. The van der Waals surface area contributed by atoms with Gasteiger partial charge in [-0.05, 0) is 25.2 Å². The van der Waals surface area contributed by atoms with Crippen LogP contribution in [0.1, 0.15) is 58.3 Å². The Morgan fingerprint density at radius 3 is 2.69 bits per heavy atom. The van der Waals surface area contributed by atoms with Gasteiger partial charge in [0.1, 0.15) is 0 Å². The highest BCUT2D eigenvalue weighted by Gasteiger charge is 2.17. The first-order valence-electron chi connectivity index (χ1n) is 6.61. The zero-order chi connectivity index (χ0) is 11.8. The monoisotopic (exact) mass is 245 g/mol. The standard InChI is InChI=1S/C13H24ClNO/c1-2-12(9-10-14)15-13(16)8-7-11-5-3-4-6-11/h11-12H,2-10H2,1H3,(H,15,16). The van der Waals surface area contributed by atoms with Gasteiger partial charge in [-0.3, -0.25) is 4.79 Å². The van der Waals surface area contributed by atoms with Crippen LogP contribution in [-0.4, -0.2) is 17.8 Å². The lowest BCUT2D eigenvalue weighted by Gasteiger charge is -2.16. The summed E-state index contributed by atoms with van der Waals surface area (Å²) in [5, 5.41) is 3.07. The van der Waals surface area contributed by atoms with Gasteiger partial charge in [0.05, 0.1) is 0 Å². The molecule has 1 aliphatic carbocycles. The van der Waals surface area contributed by atoms with Gasteiger partial charge in [-0.25, -0.2) is 0 Å². The third-order valence-corrected chi connectivity index (χ3v) is 3.79. The fourth-order valence-electron chi connectivity index (χ4n) is 2.44. The molecule has 1 amide bonds. The Labute approximate surface area is 104 Å². The van der Waals surface area contributed by atoms with E-state index >= 15 is 0 Å². The molecule has 1 fully saturated rings. The second-order valence-electron chi connectivity index (χ2n) is 4.84. The van der Waals surface area contributed by atoms with Gasteiger partial charge in [0.25, 0.3) is 0 Å². The number of amides is 1. The van der Waals surface area contributed by atoms with Gasteiger partial charge in [-0.15, -0.1) is 11.6 Å². The Balaban J connectivity index is 2.13. The molecule has 1 saturated carbocycles. The average molecular weight is 246 g/mol. The predicted octanol–water partition coefficient (Wildman–Crippen LogP) is 3.48. The molecule has 0 heterocycles. The van der Waals surface area contributed by atoms with Crippen molar-refractivity contribution in [1.29, 1.82) is 0 Å². The second kappa shape index (κ2) is 7.94. The number of carbonyl (C=O) groups excluding carboxylic acids is 1. The van der Waals surface area contributed by atoms with Crippen LogP contribution in [0, 0.1) is 5.92 Å². The molecule has 0 bridgehead atoms. The molecule has 2 nitrogen and oxygen atoms in total. The number of nitrogens with one attached hydrogen (secondary N) is 1. The smallest absolute Gasteiger partial charge is 0.220 e. The molecule has 0 aromatic rings. The van der Waals surface area contributed by atoms with Gasteiger partial charge >= 0.3 is 0 Å². The minimum Gasteiger partial charge on any atom is -0.353 e. The minimum atomic E-state index is 0.212. The van der Waals surface area contributed by atoms with Crippen molar-refractivity contribution in [3.05, 3.63) is 0 Å². The summed E-state index contributed by atoms with van der Waals surface area (Å²) >= 11 is 5.69. The third kappa shape index (κ3) is 5.20. The van der Waals surface area contributed by atoms with Crippen LogP contribution in [0.3, 0.4) is 0 Å². The Morgan fingerprint density at radius 2 is 2.12 bits per heavy atom. The van der Waals surface area contributed by atoms with Crippen molar-refractivity contribution in [1.82, 2.24) is 5.32 Å². The maximum absolute atomic E-state index is 11.7. The quantitative estimate of drug-likeness (QED) is 0.684. The Hall–Kier alpha value is -0.240. The molecule has 3 heteroatoms. The van der Waals surface area contributed by atoms with Crippen LogP contribution >= 0.6 is 11.6 Å². The van der Waals surface area contributed by atoms with E-state index in [0.717, 1.165) is 25.2 Å². The zero-order valence-corrected chi connectivity index (χ0v) is 11.1. The van der Waals surface area contributed by atoms with E-state index in [4.69, 9.17) is 11.6 Å². The molecule has 1 aliphatic rings. The maximum Gasteiger partial charge on any atom is 0.220 e. The molecule has 1 unspecified atom stereocenters. The van der Waals surface area contributed by atoms with Gasteiger partial charge < -0.3 is 5.32 Å². The number of alkyl halides is 1. The van der Waals surface area contributed by atoms with Crippen molar-refractivity contribution in [2.45, 2.75) is 64.3 Å². The highest BCUT2D eigenvalue weighted by atomic mass is 35.5. The van der Waals surface area contributed by atoms with Crippen molar-refractivity contribution < 1.29 is 4.79 Å². The molecule has 94 valence electrons. The molecular formula is C13H24ClNO. The largest absolute Gasteiger partial charge is 0.353 e. The second-order valence-corrected chi connectivity index (χ2v) is 5.22. The first kappa shape index (κ1) is 13.8. The van der Waals surface area contributed by atoms with Crippen molar-refractivity contribution in [3.63, 3.8) is 0 Å². The summed E-state index contributed by atoms with van der Waals surface area (Å²) in [6.07, 6.45) is 8.99. The SMILES string of the molecule is CCC(CCCl)NC(=O)CCC1CCCC1. The highest BCUT2D eigenvalue weighted by molar-refractivity contribution is 6.17. The summed E-state index contributed by atoms with van der Waals surface area (Å²) in [5.74, 6) is 1.64. The van der Waals surface area contributed by atoms with Crippen molar-refractivity contribution in [2.24, 2.45) is 5.92 Å². The number of rotatable bonds is 7. The van der Waals surface area contributed by atoms with Gasteiger partial charge in [-0.1, -0.05) is 32.6 Å². The van der Waals surface area contributed by atoms with Crippen molar-refractivity contribution >= 4 is 17.5 Å². The zero-order valence-electron chi connectivity index (χ0n) is 10.3. The van der Waals surface area contributed by atoms with Gasteiger partial charge in [0.15, 0.2) is 0 Å².